The lowest BCUT2D eigenvalue weighted by Crippen LogP contribution is -2.43. The molecule has 1 saturated heterocycles. The van der Waals surface area contributed by atoms with Crippen LogP contribution in [-0.4, -0.2) is 52.5 Å². The van der Waals surface area contributed by atoms with E-state index in [1.54, 1.807) is 32.4 Å². The Labute approximate surface area is 202 Å². The molecule has 1 heterocycles. The number of hydrogen-bond donors (Lipinski definition) is 1. The van der Waals surface area contributed by atoms with Crippen molar-refractivity contribution in [1.82, 2.24) is 9.62 Å². The van der Waals surface area contributed by atoms with E-state index >= 15 is 0 Å². The molecule has 0 spiro atoms. The first-order chi connectivity index (χ1) is 16.2. The number of methoxy groups -OCH3 is 2. The summed E-state index contributed by atoms with van der Waals surface area (Å²) in [5.41, 5.74) is 1.68. The van der Waals surface area contributed by atoms with Gasteiger partial charge in [0.05, 0.1) is 31.8 Å². The predicted molar refractivity (Wildman–Crippen MR) is 130 cm³/mol. The van der Waals surface area contributed by atoms with Gasteiger partial charge in [-0.3, -0.25) is 4.79 Å². The zero-order valence-corrected chi connectivity index (χ0v) is 21.3. The molecule has 1 aliphatic rings. The standard InChI is InChI=1S/C25H34N2O6S/c1-6-33-22-10-8-21(15-17(22)2)34(29,30)27-13-11-19(12-14-27)25(28)26-18(3)20-7-9-23(31-4)24(16-20)32-5/h7-10,15-16,18-19H,6,11-14H2,1-5H3,(H,26,28)/t18-/m0/s1. The second-order valence-electron chi connectivity index (χ2n) is 8.38. The van der Waals surface area contributed by atoms with Gasteiger partial charge in [-0.1, -0.05) is 6.07 Å². The monoisotopic (exact) mass is 490 g/mol. The minimum absolute atomic E-state index is 0.0729. The average Bonchev–Trinajstić information content (AvgIpc) is 2.84. The molecule has 0 aliphatic carbocycles. The number of aryl methyl sites for hydroxylation is 1. The van der Waals surface area contributed by atoms with E-state index in [-0.39, 0.29) is 22.8 Å². The number of nitrogens with zero attached hydrogens (tertiary/aromatic N) is 1. The van der Waals surface area contributed by atoms with Crippen LogP contribution in [0.15, 0.2) is 41.3 Å². The summed E-state index contributed by atoms with van der Waals surface area (Å²) in [4.78, 5) is 13.1. The van der Waals surface area contributed by atoms with Crippen molar-refractivity contribution in [3.63, 3.8) is 0 Å². The van der Waals surface area contributed by atoms with Gasteiger partial charge in [-0.25, -0.2) is 8.42 Å². The Morgan fingerprint density at radius 1 is 1.06 bits per heavy atom. The summed E-state index contributed by atoms with van der Waals surface area (Å²) in [6, 6.07) is 10.2. The highest BCUT2D eigenvalue weighted by Crippen LogP contribution is 2.31. The molecule has 0 saturated carbocycles. The van der Waals surface area contributed by atoms with Crippen LogP contribution in [0.1, 0.15) is 43.9 Å². The highest BCUT2D eigenvalue weighted by Gasteiger charge is 2.32. The van der Waals surface area contributed by atoms with Crippen LogP contribution in [0, 0.1) is 12.8 Å². The second-order valence-corrected chi connectivity index (χ2v) is 10.3. The first kappa shape index (κ1) is 25.8. The first-order valence-electron chi connectivity index (χ1n) is 11.5. The summed E-state index contributed by atoms with van der Waals surface area (Å²) in [6.45, 7) is 6.76. The van der Waals surface area contributed by atoms with Gasteiger partial charge >= 0.3 is 0 Å². The Kier molecular flexibility index (Phi) is 8.43. The van der Waals surface area contributed by atoms with Gasteiger partial charge in [0.2, 0.25) is 15.9 Å². The molecule has 1 aliphatic heterocycles. The minimum Gasteiger partial charge on any atom is -0.494 e. The summed E-state index contributed by atoms with van der Waals surface area (Å²) in [6.07, 6.45) is 0.944. The third kappa shape index (κ3) is 5.64. The molecule has 0 aromatic heterocycles. The first-order valence-corrected chi connectivity index (χ1v) is 12.9. The topological polar surface area (TPSA) is 94.2 Å². The summed E-state index contributed by atoms with van der Waals surface area (Å²) in [5.74, 6) is 1.60. The zero-order chi connectivity index (χ0) is 24.9. The molecule has 0 radical (unpaired) electrons. The fraction of sp³-hybridized carbons (Fsp3) is 0.480. The molecule has 1 amide bonds. The van der Waals surface area contributed by atoms with E-state index < -0.39 is 10.0 Å². The normalized spacial score (nSPS) is 16.0. The number of ether oxygens (including phenoxy) is 3. The van der Waals surface area contributed by atoms with E-state index in [2.05, 4.69) is 5.32 Å². The van der Waals surface area contributed by atoms with Crippen LogP contribution in [0.3, 0.4) is 0 Å². The number of carbonyl (C=O) groups excluding carboxylic acids is 1. The number of hydrogen-bond acceptors (Lipinski definition) is 6. The zero-order valence-electron chi connectivity index (χ0n) is 20.5. The number of amides is 1. The molecule has 3 rings (SSSR count). The van der Waals surface area contributed by atoms with Crippen LogP contribution in [-0.2, 0) is 14.8 Å². The highest BCUT2D eigenvalue weighted by atomic mass is 32.2. The van der Waals surface area contributed by atoms with Crippen molar-refractivity contribution in [2.75, 3.05) is 33.9 Å². The van der Waals surface area contributed by atoms with Crippen LogP contribution in [0.5, 0.6) is 17.2 Å². The molecule has 0 bridgehead atoms. The maximum atomic E-state index is 13.1. The van der Waals surface area contributed by atoms with Crippen molar-refractivity contribution in [1.29, 1.82) is 0 Å². The Morgan fingerprint density at radius 2 is 1.71 bits per heavy atom. The fourth-order valence-corrected chi connectivity index (χ4v) is 5.70. The van der Waals surface area contributed by atoms with Crippen molar-refractivity contribution >= 4 is 15.9 Å². The van der Waals surface area contributed by atoms with E-state index in [0.717, 1.165) is 11.1 Å². The van der Waals surface area contributed by atoms with Crippen molar-refractivity contribution in [3.05, 3.63) is 47.5 Å². The van der Waals surface area contributed by atoms with Crippen molar-refractivity contribution in [2.24, 2.45) is 5.92 Å². The van der Waals surface area contributed by atoms with E-state index in [1.807, 2.05) is 39.0 Å². The van der Waals surface area contributed by atoms with Crippen molar-refractivity contribution in [3.8, 4) is 17.2 Å². The van der Waals surface area contributed by atoms with Crippen LogP contribution >= 0.6 is 0 Å². The van der Waals surface area contributed by atoms with Gasteiger partial charge in [-0.05, 0) is 75.1 Å². The lowest BCUT2D eigenvalue weighted by Gasteiger charge is -2.31. The summed E-state index contributed by atoms with van der Waals surface area (Å²) in [5, 5.41) is 3.05. The van der Waals surface area contributed by atoms with Crippen LogP contribution < -0.4 is 19.5 Å². The largest absolute Gasteiger partial charge is 0.494 e. The summed E-state index contributed by atoms with van der Waals surface area (Å²) >= 11 is 0. The number of nitrogens with one attached hydrogen (secondary N) is 1. The lowest BCUT2D eigenvalue weighted by molar-refractivity contribution is -0.126. The third-order valence-corrected chi connectivity index (χ3v) is 8.07. The maximum Gasteiger partial charge on any atom is 0.243 e. The van der Waals surface area contributed by atoms with E-state index in [1.165, 1.54) is 4.31 Å². The molecular formula is C25H34N2O6S. The molecule has 2 aromatic carbocycles. The SMILES string of the molecule is CCOc1ccc(S(=O)(=O)N2CCC(C(=O)N[C@@H](C)c3ccc(OC)c(OC)c3)CC2)cc1C. The molecule has 1 atom stereocenters. The maximum absolute atomic E-state index is 13.1. The number of rotatable bonds is 9. The molecule has 0 unspecified atom stereocenters. The van der Waals surface area contributed by atoms with Crippen molar-refractivity contribution in [2.45, 2.75) is 44.6 Å². The van der Waals surface area contributed by atoms with Gasteiger partial charge in [-0.15, -0.1) is 0 Å². The van der Waals surface area contributed by atoms with Gasteiger partial charge in [0, 0.05) is 19.0 Å². The molecular weight excluding hydrogens is 456 g/mol. The van der Waals surface area contributed by atoms with Gasteiger partial charge in [-0.2, -0.15) is 4.31 Å². The second kappa shape index (κ2) is 11.1. The molecule has 34 heavy (non-hydrogen) atoms. The van der Waals surface area contributed by atoms with Crippen LogP contribution in [0.4, 0.5) is 0 Å². The van der Waals surface area contributed by atoms with E-state index in [9.17, 15) is 13.2 Å². The number of carbonyl (C=O) groups is 1. The number of piperidine rings is 1. The fourth-order valence-electron chi connectivity index (χ4n) is 4.14. The molecule has 186 valence electrons. The number of sulfonamides is 1. The highest BCUT2D eigenvalue weighted by molar-refractivity contribution is 7.89. The Morgan fingerprint density at radius 3 is 2.29 bits per heavy atom. The smallest absolute Gasteiger partial charge is 0.243 e. The molecule has 9 heteroatoms. The van der Waals surface area contributed by atoms with Crippen LogP contribution in [0.25, 0.3) is 0 Å². The van der Waals surface area contributed by atoms with Crippen LogP contribution in [0.2, 0.25) is 0 Å². The average molecular weight is 491 g/mol. The van der Waals surface area contributed by atoms with E-state index in [4.69, 9.17) is 14.2 Å². The Bertz CT molecular complexity index is 1110. The van der Waals surface area contributed by atoms with Gasteiger partial charge in [0.15, 0.2) is 11.5 Å². The van der Waals surface area contributed by atoms with Crippen molar-refractivity contribution < 1.29 is 27.4 Å². The summed E-state index contributed by atoms with van der Waals surface area (Å²) in [7, 11) is -0.479. The Hall–Kier alpha value is -2.78. The molecule has 2 aromatic rings. The van der Waals surface area contributed by atoms with Gasteiger partial charge in [0.25, 0.3) is 0 Å². The molecule has 1 N–H and O–H groups in total. The van der Waals surface area contributed by atoms with Gasteiger partial charge < -0.3 is 19.5 Å². The summed E-state index contributed by atoms with van der Waals surface area (Å²) < 4.78 is 43.8. The minimum atomic E-state index is -3.63. The van der Waals surface area contributed by atoms with E-state index in [0.29, 0.717) is 49.8 Å². The number of benzene rings is 2. The Balaban J connectivity index is 1.60. The third-order valence-electron chi connectivity index (χ3n) is 6.18. The lowest BCUT2D eigenvalue weighted by atomic mass is 9.96. The quantitative estimate of drug-likeness (QED) is 0.576. The molecule has 1 fully saturated rings. The predicted octanol–water partition coefficient (Wildman–Crippen LogP) is 3.69. The van der Waals surface area contributed by atoms with Gasteiger partial charge in [0.1, 0.15) is 5.75 Å². The molecule has 8 nitrogen and oxygen atoms in total.